The molecule has 0 spiro atoms. The molecule has 2 heterocycles. The van der Waals surface area contributed by atoms with E-state index >= 15 is 0 Å². The smallest absolute Gasteiger partial charge is 0.243 e. The molecular formula is C26H25ClN2O6S. The van der Waals surface area contributed by atoms with Crippen LogP contribution in [0.25, 0.3) is 0 Å². The quantitative estimate of drug-likeness (QED) is 0.501. The van der Waals surface area contributed by atoms with Crippen LogP contribution in [0.4, 0.5) is 0 Å². The maximum absolute atomic E-state index is 13.4. The zero-order chi connectivity index (χ0) is 25.3. The zero-order valence-electron chi connectivity index (χ0n) is 19.5. The topological polar surface area (TPSA) is 94.2 Å². The Hall–Kier alpha value is -3.27. The van der Waals surface area contributed by atoms with Crippen LogP contribution >= 0.6 is 11.6 Å². The van der Waals surface area contributed by atoms with Crippen molar-refractivity contribution >= 4 is 27.5 Å². The minimum absolute atomic E-state index is 0.0423. The minimum Gasteiger partial charge on any atom is -0.496 e. The molecule has 3 aromatic rings. The van der Waals surface area contributed by atoms with Crippen molar-refractivity contribution in [3.8, 4) is 17.2 Å². The lowest BCUT2D eigenvalue weighted by atomic mass is 9.87. The number of amides is 1. The molecule has 1 amide bonds. The number of para-hydroxylation sites is 1. The highest BCUT2D eigenvalue weighted by Gasteiger charge is 2.44. The SMILES string of the molecule is COc1ccccc1C1CN(S(=O)(=O)c2ccc(Cl)cc2)CC1C(=O)NCc1ccc2c(c1)OCO2. The van der Waals surface area contributed by atoms with Crippen LogP contribution < -0.4 is 19.5 Å². The van der Waals surface area contributed by atoms with Gasteiger partial charge in [-0.3, -0.25) is 4.79 Å². The molecule has 2 aliphatic heterocycles. The van der Waals surface area contributed by atoms with E-state index in [4.69, 9.17) is 25.8 Å². The van der Waals surface area contributed by atoms with E-state index in [0.717, 1.165) is 11.1 Å². The molecule has 3 aromatic carbocycles. The second kappa shape index (κ2) is 10.0. The number of fused-ring (bicyclic) bond motifs is 1. The van der Waals surface area contributed by atoms with E-state index in [1.807, 2.05) is 36.4 Å². The van der Waals surface area contributed by atoms with Gasteiger partial charge in [0.15, 0.2) is 11.5 Å². The molecule has 0 radical (unpaired) electrons. The predicted molar refractivity (Wildman–Crippen MR) is 134 cm³/mol. The summed E-state index contributed by atoms with van der Waals surface area (Å²) >= 11 is 5.95. The van der Waals surface area contributed by atoms with Gasteiger partial charge in [0.1, 0.15) is 5.75 Å². The molecule has 1 saturated heterocycles. The number of hydrogen-bond acceptors (Lipinski definition) is 6. The Balaban J connectivity index is 1.40. The molecular weight excluding hydrogens is 504 g/mol. The number of ether oxygens (including phenoxy) is 3. The molecule has 188 valence electrons. The standard InChI is InChI=1S/C26H25ClN2O6S/c1-33-23-5-3-2-4-20(23)21-14-29(36(31,32)19-9-7-18(27)8-10-19)15-22(21)26(30)28-13-17-6-11-24-25(12-17)35-16-34-24/h2-12,21-22H,13-16H2,1H3,(H,28,30). The van der Waals surface area contributed by atoms with Crippen molar-refractivity contribution in [3.05, 3.63) is 82.9 Å². The van der Waals surface area contributed by atoms with Gasteiger partial charge in [-0.1, -0.05) is 35.9 Å². The number of sulfonamides is 1. The van der Waals surface area contributed by atoms with Gasteiger partial charge in [-0.05, 0) is 53.6 Å². The van der Waals surface area contributed by atoms with Crippen LogP contribution in [-0.2, 0) is 21.4 Å². The fourth-order valence-corrected chi connectivity index (χ4v) is 6.26. The number of methoxy groups -OCH3 is 1. The van der Waals surface area contributed by atoms with Gasteiger partial charge in [-0.25, -0.2) is 8.42 Å². The lowest BCUT2D eigenvalue weighted by molar-refractivity contribution is -0.125. The van der Waals surface area contributed by atoms with Gasteiger partial charge in [0.25, 0.3) is 0 Å². The minimum atomic E-state index is -3.83. The van der Waals surface area contributed by atoms with E-state index in [9.17, 15) is 13.2 Å². The van der Waals surface area contributed by atoms with E-state index in [1.165, 1.54) is 28.6 Å². The Morgan fingerprint density at radius 3 is 2.58 bits per heavy atom. The van der Waals surface area contributed by atoms with Gasteiger partial charge in [-0.2, -0.15) is 4.31 Å². The van der Waals surface area contributed by atoms with E-state index in [-0.39, 0.29) is 43.1 Å². The number of rotatable bonds is 7. The fraction of sp³-hybridized carbons (Fsp3) is 0.269. The molecule has 2 aliphatic rings. The van der Waals surface area contributed by atoms with Crippen LogP contribution in [0.15, 0.2) is 71.6 Å². The number of benzene rings is 3. The molecule has 1 N–H and O–H groups in total. The first-order valence-electron chi connectivity index (χ1n) is 11.4. The van der Waals surface area contributed by atoms with Crippen molar-refractivity contribution in [1.82, 2.24) is 9.62 Å². The summed E-state index contributed by atoms with van der Waals surface area (Å²) in [4.78, 5) is 13.6. The summed E-state index contributed by atoms with van der Waals surface area (Å²) in [6.45, 7) is 0.633. The molecule has 0 bridgehead atoms. The number of carbonyl (C=O) groups excluding carboxylic acids is 1. The summed E-state index contributed by atoms with van der Waals surface area (Å²) in [5.41, 5.74) is 1.64. The Kier molecular flexibility index (Phi) is 6.79. The van der Waals surface area contributed by atoms with Crippen LogP contribution in [0.3, 0.4) is 0 Å². The predicted octanol–water partition coefficient (Wildman–Crippen LogP) is 3.80. The number of nitrogens with zero attached hydrogens (tertiary/aromatic N) is 1. The van der Waals surface area contributed by atoms with Crippen LogP contribution in [-0.4, -0.2) is 45.6 Å². The number of halogens is 1. The summed E-state index contributed by atoms with van der Waals surface area (Å²) in [5.74, 6) is 0.673. The van der Waals surface area contributed by atoms with Crippen molar-refractivity contribution in [2.24, 2.45) is 5.92 Å². The van der Waals surface area contributed by atoms with Crippen molar-refractivity contribution in [2.75, 3.05) is 27.0 Å². The molecule has 1 fully saturated rings. The molecule has 10 heteroatoms. The summed E-state index contributed by atoms with van der Waals surface area (Å²) in [5, 5.41) is 3.42. The average Bonchev–Trinajstić information content (AvgIpc) is 3.55. The second-order valence-electron chi connectivity index (χ2n) is 8.64. The third-order valence-electron chi connectivity index (χ3n) is 6.52. The summed E-state index contributed by atoms with van der Waals surface area (Å²) in [6.07, 6.45) is 0. The third kappa shape index (κ3) is 4.74. The van der Waals surface area contributed by atoms with Gasteiger partial charge in [0, 0.05) is 30.6 Å². The molecule has 0 aliphatic carbocycles. The fourth-order valence-electron chi connectivity index (χ4n) is 4.64. The first-order chi connectivity index (χ1) is 17.4. The highest BCUT2D eigenvalue weighted by Crippen LogP contribution is 2.40. The van der Waals surface area contributed by atoms with Crippen LogP contribution in [0.5, 0.6) is 17.2 Å². The van der Waals surface area contributed by atoms with Crippen LogP contribution in [0, 0.1) is 5.92 Å². The molecule has 0 saturated carbocycles. The van der Waals surface area contributed by atoms with Crippen molar-refractivity contribution in [1.29, 1.82) is 0 Å². The lowest BCUT2D eigenvalue weighted by Crippen LogP contribution is -2.35. The maximum Gasteiger partial charge on any atom is 0.243 e. The Morgan fingerprint density at radius 2 is 1.81 bits per heavy atom. The summed E-state index contributed by atoms with van der Waals surface area (Å²) < 4.78 is 44.5. The van der Waals surface area contributed by atoms with E-state index in [0.29, 0.717) is 22.3 Å². The lowest BCUT2D eigenvalue weighted by Gasteiger charge is -2.20. The van der Waals surface area contributed by atoms with Gasteiger partial charge < -0.3 is 19.5 Å². The second-order valence-corrected chi connectivity index (χ2v) is 11.0. The maximum atomic E-state index is 13.4. The Morgan fingerprint density at radius 1 is 1.06 bits per heavy atom. The van der Waals surface area contributed by atoms with Gasteiger partial charge in [0.05, 0.1) is 17.9 Å². The highest BCUT2D eigenvalue weighted by molar-refractivity contribution is 7.89. The van der Waals surface area contributed by atoms with Gasteiger partial charge >= 0.3 is 0 Å². The summed E-state index contributed by atoms with van der Waals surface area (Å²) in [6, 6.07) is 18.9. The first-order valence-corrected chi connectivity index (χ1v) is 13.2. The highest BCUT2D eigenvalue weighted by atomic mass is 35.5. The van der Waals surface area contributed by atoms with E-state index in [2.05, 4.69) is 5.32 Å². The molecule has 36 heavy (non-hydrogen) atoms. The van der Waals surface area contributed by atoms with Crippen LogP contribution in [0.2, 0.25) is 5.02 Å². The number of carbonyl (C=O) groups is 1. The van der Waals surface area contributed by atoms with Crippen molar-refractivity contribution < 1.29 is 27.4 Å². The van der Waals surface area contributed by atoms with Gasteiger partial charge in [0.2, 0.25) is 22.7 Å². The largest absolute Gasteiger partial charge is 0.496 e. The Bertz CT molecular complexity index is 1380. The molecule has 8 nitrogen and oxygen atoms in total. The van der Waals surface area contributed by atoms with Crippen molar-refractivity contribution in [2.45, 2.75) is 17.4 Å². The monoisotopic (exact) mass is 528 g/mol. The van der Waals surface area contributed by atoms with E-state index < -0.39 is 15.9 Å². The summed E-state index contributed by atoms with van der Waals surface area (Å²) in [7, 11) is -2.27. The average molecular weight is 529 g/mol. The number of nitrogens with one attached hydrogen (secondary N) is 1. The molecule has 2 atom stereocenters. The molecule has 5 rings (SSSR count). The van der Waals surface area contributed by atoms with Gasteiger partial charge in [-0.15, -0.1) is 0 Å². The Labute approximate surface area is 214 Å². The third-order valence-corrected chi connectivity index (χ3v) is 8.61. The van der Waals surface area contributed by atoms with Crippen molar-refractivity contribution in [3.63, 3.8) is 0 Å². The zero-order valence-corrected chi connectivity index (χ0v) is 21.1. The van der Waals surface area contributed by atoms with E-state index in [1.54, 1.807) is 13.2 Å². The first kappa shape index (κ1) is 24.4. The normalized spacial score (nSPS) is 19.3. The number of hydrogen-bond donors (Lipinski definition) is 1. The molecule has 2 unspecified atom stereocenters. The molecule has 0 aromatic heterocycles. The van der Waals surface area contributed by atoms with Crippen LogP contribution in [0.1, 0.15) is 17.0 Å².